The van der Waals surface area contributed by atoms with Gasteiger partial charge in [0, 0.05) is 16.8 Å². The zero-order valence-corrected chi connectivity index (χ0v) is 9.21. The third kappa shape index (κ3) is 1.85. The molecule has 0 bridgehead atoms. The molecule has 0 saturated carbocycles. The first-order valence-corrected chi connectivity index (χ1v) is 5.10. The summed E-state index contributed by atoms with van der Waals surface area (Å²) in [6.07, 6.45) is 0.713. The maximum atomic E-state index is 13.4. The van der Waals surface area contributed by atoms with E-state index in [4.69, 9.17) is 0 Å². The molecule has 0 amide bonds. The van der Waals surface area contributed by atoms with Crippen LogP contribution in [-0.4, -0.2) is 11.3 Å². The van der Waals surface area contributed by atoms with Gasteiger partial charge in [0.1, 0.15) is 5.82 Å². The Kier molecular flexibility index (Phi) is 2.68. The lowest BCUT2D eigenvalue weighted by atomic mass is 10.1. The molecule has 0 unspecified atom stereocenters. The van der Waals surface area contributed by atoms with Crippen LogP contribution in [0.25, 0.3) is 11.3 Å². The van der Waals surface area contributed by atoms with Crippen molar-refractivity contribution >= 4 is 22.2 Å². The molecule has 0 aliphatic rings. The number of aromatic nitrogens is 1. The predicted octanol–water partition coefficient (Wildman–Crippen LogP) is 3.40. The lowest BCUT2D eigenvalue weighted by Crippen LogP contribution is -1.82. The van der Waals surface area contributed by atoms with Gasteiger partial charge in [0.2, 0.25) is 0 Å². The van der Waals surface area contributed by atoms with Gasteiger partial charge in [-0.05, 0) is 34.1 Å². The first-order chi connectivity index (χ1) is 7.22. The molecule has 0 aliphatic heterocycles. The van der Waals surface area contributed by atoms with Crippen LogP contribution in [0.1, 0.15) is 10.4 Å². The van der Waals surface area contributed by atoms with Gasteiger partial charge in [0.15, 0.2) is 6.29 Å². The summed E-state index contributed by atoms with van der Waals surface area (Å²) >= 11 is 3.19. The maximum Gasteiger partial charge on any atom is 0.152 e. The molecule has 1 N–H and O–H groups in total. The third-order valence-corrected chi connectivity index (χ3v) is 2.74. The number of nitrogens with one attached hydrogen (secondary N) is 1. The van der Waals surface area contributed by atoms with Crippen LogP contribution in [0.15, 0.2) is 34.9 Å². The number of H-pyrrole nitrogens is 1. The summed E-state index contributed by atoms with van der Waals surface area (Å²) in [6.45, 7) is 0. The molecular formula is C11H7BrFNO. The van der Waals surface area contributed by atoms with E-state index in [1.807, 2.05) is 0 Å². The van der Waals surface area contributed by atoms with Crippen molar-refractivity contribution in [2.24, 2.45) is 0 Å². The van der Waals surface area contributed by atoms with Crippen molar-refractivity contribution in [1.82, 2.24) is 4.98 Å². The van der Waals surface area contributed by atoms with Crippen LogP contribution < -0.4 is 0 Å². The Hall–Kier alpha value is -1.42. The highest BCUT2D eigenvalue weighted by Gasteiger charge is 2.09. The Morgan fingerprint density at radius 1 is 1.33 bits per heavy atom. The van der Waals surface area contributed by atoms with Crippen LogP contribution >= 0.6 is 15.9 Å². The number of aldehydes is 1. The van der Waals surface area contributed by atoms with E-state index in [0.29, 0.717) is 27.7 Å². The summed E-state index contributed by atoms with van der Waals surface area (Å²) < 4.78 is 14.0. The molecule has 1 heterocycles. The minimum Gasteiger partial charge on any atom is -0.349 e. The fourth-order valence-electron chi connectivity index (χ4n) is 1.36. The average molecular weight is 268 g/mol. The van der Waals surface area contributed by atoms with Crippen LogP contribution in [0.4, 0.5) is 4.39 Å². The van der Waals surface area contributed by atoms with Gasteiger partial charge in [0.05, 0.1) is 4.60 Å². The lowest BCUT2D eigenvalue weighted by Gasteiger charge is -1.98. The summed E-state index contributed by atoms with van der Waals surface area (Å²) in [5.74, 6) is -0.316. The highest BCUT2D eigenvalue weighted by Crippen LogP contribution is 2.26. The summed E-state index contributed by atoms with van der Waals surface area (Å²) in [4.78, 5) is 13.5. The standard InChI is InChI=1S/C11H7BrFNO/c12-11-7(6-15)5-10(14-11)8-3-1-2-4-9(8)13/h1-6,14H. The van der Waals surface area contributed by atoms with Crippen LogP contribution in [0.2, 0.25) is 0 Å². The first kappa shape index (κ1) is 10.1. The highest BCUT2D eigenvalue weighted by molar-refractivity contribution is 9.10. The normalized spacial score (nSPS) is 10.3. The summed E-state index contributed by atoms with van der Waals surface area (Å²) in [7, 11) is 0. The minimum atomic E-state index is -0.316. The van der Waals surface area contributed by atoms with Crippen LogP contribution in [0, 0.1) is 5.82 Å². The molecule has 2 aromatic rings. The number of hydrogen-bond acceptors (Lipinski definition) is 1. The number of hydrogen-bond donors (Lipinski definition) is 1. The van der Waals surface area contributed by atoms with E-state index in [0.717, 1.165) is 0 Å². The molecule has 0 saturated heterocycles. The lowest BCUT2D eigenvalue weighted by molar-refractivity contribution is 0.112. The summed E-state index contributed by atoms with van der Waals surface area (Å²) in [5, 5.41) is 0. The van der Waals surface area contributed by atoms with Crippen molar-refractivity contribution in [3.8, 4) is 11.3 Å². The Morgan fingerprint density at radius 2 is 2.07 bits per heavy atom. The maximum absolute atomic E-state index is 13.4. The largest absolute Gasteiger partial charge is 0.349 e. The van der Waals surface area contributed by atoms with E-state index < -0.39 is 0 Å². The van der Waals surface area contributed by atoms with Gasteiger partial charge >= 0.3 is 0 Å². The smallest absolute Gasteiger partial charge is 0.152 e. The molecule has 2 rings (SSSR count). The summed E-state index contributed by atoms with van der Waals surface area (Å²) in [5.41, 5.74) is 1.52. The minimum absolute atomic E-state index is 0.316. The number of aromatic amines is 1. The molecule has 0 spiro atoms. The van der Waals surface area contributed by atoms with E-state index in [2.05, 4.69) is 20.9 Å². The number of carbonyl (C=O) groups is 1. The van der Waals surface area contributed by atoms with E-state index in [-0.39, 0.29) is 5.82 Å². The molecule has 0 atom stereocenters. The predicted molar refractivity (Wildman–Crippen MR) is 59.3 cm³/mol. The quantitative estimate of drug-likeness (QED) is 0.832. The van der Waals surface area contributed by atoms with E-state index in [9.17, 15) is 9.18 Å². The molecule has 0 aliphatic carbocycles. The van der Waals surface area contributed by atoms with Crippen LogP contribution in [-0.2, 0) is 0 Å². The van der Waals surface area contributed by atoms with Gasteiger partial charge in [-0.15, -0.1) is 0 Å². The zero-order valence-electron chi connectivity index (χ0n) is 7.63. The second-order valence-corrected chi connectivity index (χ2v) is 3.84. The van der Waals surface area contributed by atoms with Gasteiger partial charge in [-0.2, -0.15) is 0 Å². The molecule has 1 aromatic heterocycles. The van der Waals surface area contributed by atoms with Crippen LogP contribution in [0.3, 0.4) is 0 Å². The van der Waals surface area contributed by atoms with Crippen molar-refractivity contribution in [2.45, 2.75) is 0 Å². The van der Waals surface area contributed by atoms with Crippen molar-refractivity contribution in [1.29, 1.82) is 0 Å². The van der Waals surface area contributed by atoms with Crippen molar-refractivity contribution in [2.75, 3.05) is 0 Å². The van der Waals surface area contributed by atoms with E-state index in [1.54, 1.807) is 24.3 Å². The fraction of sp³-hybridized carbons (Fsp3) is 0. The zero-order chi connectivity index (χ0) is 10.8. The van der Waals surface area contributed by atoms with Gasteiger partial charge in [-0.3, -0.25) is 4.79 Å². The van der Waals surface area contributed by atoms with Crippen molar-refractivity contribution in [3.63, 3.8) is 0 Å². The van der Waals surface area contributed by atoms with E-state index in [1.165, 1.54) is 6.07 Å². The number of halogens is 2. The molecule has 0 radical (unpaired) electrons. The molecule has 2 nitrogen and oxygen atoms in total. The SMILES string of the molecule is O=Cc1cc(-c2ccccc2F)[nH]c1Br. The van der Waals surface area contributed by atoms with Gasteiger partial charge in [-0.25, -0.2) is 4.39 Å². The number of rotatable bonds is 2. The second kappa shape index (κ2) is 3.98. The monoisotopic (exact) mass is 267 g/mol. The Bertz CT molecular complexity index is 507. The van der Waals surface area contributed by atoms with Gasteiger partial charge in [-0.1, -0.05) is 12.1 Å². The van der Waals surface area contributed by atoms with E-state index >= 15 is 0 Å². The molecule has 76 valence electrons. The number of benzene rings is 1. The number of carbonyl (C=O) groups excluding carboxylic acids is 1. The van der Waals surface area contributed by atoms with Gasteiger partial charge < -0.3 is 4.98 Å². The summed E-state index contributed by atoms with van der Waals surface area (Å²) in [6, 6.07) is 8.01. The molecule has 4 heteroatoms. The average Bonchev–Trinajstić information content (AvgIpc) is 2.60. The molecular weight excluding hydrogens is 261 g/mol. The first-order valence-electron chi connectivity index (χ1n) is 4.31. The van der Waals surface area contributed by atoms with Gasteiger partial charge in [0.25, 0.3) is 0 Å². The second-order valence-electron chi connectivity index (χ2n) is 3.05. The molecule has 1 aromatic carbocycles. The van der Waals surface area contributed by atoms with Crippen molar-refractivity contribution in [3.05, 3.63) is 46.3 Å². The topological polar surface area (TPSA) is 32.9 Å². The third-order valence-electron chi connectivity index (χ3n) is 2.09. The Labute approximate surface area is 94.3 Å². The molecule has 0 fully saturated rings. The Balaban J connectivity index is 2.55. The van der Waals surface area contributed by atoms with Crippen LogP contribution in [0.5, 0.6) is 0 Å². The fourth-order valence-corrected chi connectivity index (χ4v) is 1.78. The molecule has 15 heavy (non-hydrogen) atoms. The van der Waals surface area contributed by atoms with Crippen molar-refractivity contribution < 1.29 is 9.18 Å². The highest BCUT2D eigenvalue weighted by atomic mass is 79.9. The Morgan fingerprint density at radius 3 is 2.67 bits per heavy atom.